The minimum absolute atomic E-state index is 0.0393. The van der Waals surface area contributed by atoms with E-state index >= 15 is 0 Å². The highest BCUT2D eigenvalue weighted by molar-refractivity contribution is 5.92. The second-order valence-electron chi connectivity index (χ2n) is 10.8. The van der Waals surface area contributed by atoms with Gasteiger partial charge in [0, 0.05) is 26.6 Å². The molecule has 42 heavy (non-hydrogen) atoms. The van der Waals surface area contributed by atoms with Gasteiger partial charge in [-0.25, -0.2) is 19.2 Å². The molecule has 6 rings (SSSR count). The highest BCUT2D eigenvalue weighted by atomic mass is 19.1. The Labute approximate surface area is 243 Å². The van der Waals surface area contributed by atoms with Gasteiger partial charge in [-0.2, -0.15) is 0 Å². The lowest BCUT2D eigenvalue weighted by Gasteiger charge is -2.54. The standard InChI is InChI=1S/C33H32FN5O3/c1-36-22-31(40)38-29(18-23-8-3-2-4-9-23)32(41)37(20-26-12-7-11-25-10-5-6-13-28(25)26)21-30(38)39(36)33(42)35-19-24-14-16-27(34)17-15-24/h2-17,29-30H,18-22H2,1H3,(H,35,42)/t29-,30-/m0/s1. The first-order valence-electron chi connectivity index (χ1n) is 14.0. The average Bonchev–Trinajstić information content (AvgIpc) is 2.99. The van der Waals surface area contributed by atoms with E-state index in [-0.39, 0.29) is 37.3 Å². The fourth-order valence-electron chi connectivity index (χ4n) is 5.98. The van der Waals surface area contributed by atoms with Gasteiger partial charge in [0.2, 0.25) is 11.8 Å². The van der Waals surface area contributed by atoms with Crippen LogP contribution in [0.1, 0.15) is 16.7 Å². The second kappa shape index (κ2) is 11.6. The molecule has 2 fully saturated rings. The molecule has 0 aliphatic carbocycles. The van der Waals surface area contributed by atoms with Gasteiger partial charge in [-0.05, 0) is 39.6 Å². The van der Waals surface area contributed by atoms with Gasteiger partial charge in [0.25, 0.3) is 0 Å². The number of hydrogen-bond acceptors (Lipinski definition) is 4. The number of rotatable bonds is 6. The Hall–Kier alpha value is -4.76. The van der Waals surface area contributed by atoms with Gasteiger partial charge in [-0.1, -0.05) is 84.9 Å². The van der Waals surface area contributed by atoms with Crippen LogP contribution < -0.4 is 5.32 Å². The zero-order valence-corrected chi connectivity index (χ0v) is 23.3. The van der Waals surface area contributed by atoms with Crippen LogP contribution in [0.25, 0.3) is 10.8 Å². The topological polar surface area (TPSA) is 76.2 Å². The molecule has 8 nitrogen and oxygen atoms in total. The molecule has 4 aromatic rings. The number of likely N-dealkylation sites (N-methyl/N-ethyl adjacent to an activating group) is 1. The minimum atomic E-state index is -0.769. The molecule has 0 unspecified atom stereocenters. The number of amides is 4. The maximum atomic E-state index is 14.1. The summed E-state index contributed by atoms with van der Waals surface area (Å²) >= 11 is 0. The fourth-order valence-corrected chi connectivity index (χ4v) is 5.98. The average molecular weight is 566 g/mol. The van der Waals surface area contributed by atoms with Crippen molar-refractivity contribution in [1.82, 2.24) is 25.1 Å². The van der Waals surface area contributed by atoms with Crippen molar-refractivity contribution in [2.45, 2.75) is 31.7 Å². The molecular formula is C33H32FN5O3. The summed E-state index contributed by atoms with van der Waals surface area (Å²) in [5.41, 5.74) is 2.67. The molecule has 1 N–H and O–H groups in total. The van der Waals surface area contributed by atoms with E-state index < -0.39 is 18.2 Å². The van der Waals surface area contributed by atoms with Crippen molar-refractivity contribution in [2.75, 3.05) is 20.1 Å². The molecule has 0 aromatic heterocycles. The number of hydrazine groups is 1. The van der Waals surface area contributed by atoms with Crippen molar-refractivity contribution < 1.29 is 18.8 Å². The van der Waals surface area contributed by atoms with Crippen molar-refractivity contribution in [3.8, 4) is 0 Å². The zero-order chi connectivity index (χ0) is 29.2. The highest BCUT2D eigenvalue weighted by Gasteiger charge is 2.50. The Morgan fingerprint density at radius 3 is 2.38 bits per heavy atom. The molecule has 0 spiro atoms. The lowest BCUT2D eigenvalue weighted by atomic mass is 9.97. The van der Waals surface area contributed by atoms with Crippen LogP contribution in [0, 0.1) is 5.82 Å². The monoisotopic (exact) mass is 565 g/mol. The van der Waals surface area contributed by atoms with E-state index in [0.717, 1.165) is 27.5 Å². The van der Waals surface area contributed by atoms with Crippen LogP contribution in [0.2, 0.25) is 0 Å². The van der Waals surface area contributed by atoms with Crippen LogP contribution in [-0.4, -0.2) is 70.0 Å². The quantitative estimate of drug-likeness (QED) is 0.381. The normalized spacial score (nSPS) is 19.2. The van der Waals surface area contributed by atoms with Crippen LogP contribution in [0.15, 0.2) is 97.1 Å². The number of carbonyl (C=O) groups is 3. The molecule has 9 heteroatoms. The summed E-state index contributed by atoms with van der Waals surface area (Å²) in [6.07, 6.45) is -0.367. The van der Waals surface area contributed by atoms with Gasteiger partial charge < -0.3 is 15.1 Å². The van der Waals surface area contributed by atoms with Gasteiger partial charge in [0.05, 0.1) is 13.1 Å². The molecular weight excluding hydrogens is 533 g/mol. The van der Waals surface area contributed by atoms with Gasteiger partial charge >= 0.3 is 6.03 Å². The Morgan fingerprint density at radius 2 is 1.60 bits per heavy atom. The number of halogens is 1. The van der Waals surface area contributed by atoms with E-state index in [2.05, 4.69) is 5.32 Å². The van der Waals surface area contributed by atoms with Crippen molar-refractivity contribution >= 4 is 28.6 Å². The maximum absolute atomic E-state index is 14.1. The Kier molecular flexibility index (Phi) is 7.58. The van der Waals surface area contributed by atoms with Crippen LogP contribution >= 0.6 is 0 Å². The highest BCUT2D eigenvalue weighted by Crippen LogP contribution is 2.30. The number of piperazine rings is 1. The summed E-state index contributed by atoms with van der Waals surface area (Å²) in [5, 5.41) is 8.19. The summed E-state index contributed by atoms with van der Waals surface area (Å²) in [6.45, 7) is 0.657. The summed E-state index contributed by atoms with van der Waals surface area (Å²) < 4.78 is 13.4. The van der Waals surface area contributed by atoms with Gasteiger partial charge in [0.1, 0.15) is 18.0 Å². The number of nitrogens with one attached hydrogen (secondary N) is 1. The van der Waals surface area contributed by atoms with Crippen LogP contribution in [-0.2, 0) is 29.1 Å². The zero-order valence-electron chi connectivity index (χ0n) is 23.3. The molecule has 0 saturated carbocycles. The number of carbonyl (C=O) groups excluding carboxylic acids is 3. The molecule has 214 valence electrons. The molecule has 2 aliphatic rings. The first-order chi connectivity index (χ1) is 20.4. The number of fused-ring (bicyclic) bond motifs is 2. The van der Waals surface area contributed by atoms with Gasteiger partial charge in [0.15, 0.2) is 0 Å². The summed E-state index contributed by atoms with van der Waals surface area (Å²) in [5.74, 6) is -0.700. The number of nitrogens with zero attached hydrogens (tertiary/aromatic N) is 4. The Balaban J connectivity index is 1.33. The Bertz CT molecular complexity index is 1610. The number of benzene rings is 4. The van der Waals surface area contributed by atoms with E-state index in [1.54, 1.807) is 34.0 Å². The largest absolute Gasteiger partial charge is 0.334 e. The predicted molar refractivity (Wildman–Crippen MR) is 157 cm³/mol. The maximum Gasteiger partial charge on any atom is 0.334 e. The number of hydrogen-bond donors (Lipinski definition) is 1. The molecule has 0 radical (unpaired) electrons. The van der Waals surface area contributed by atoms with Crippen molar-refractivity contribution in [1.29, 1.82) is 0 Å². The minimum Gasteiger partial charge on any atom is -0.333 e. The molecule has 2 saturated heterocycles. The lowest BCUT2D eigenvalue weighted by Crippen LogP contribution is -2.76. The summed E-state index contributed by atoms with van der Waals surface area (Å²) in [7, 11) is 1.70. The predicted octanol–water partition coefficient (Wildman–Crippen LogP) is 4.16. The van der Waals surface area contributed by atoms with Crippen LogP contribution in [0.5, 0.6) is 0 Å². The first kappa shape index (κ1) is 27.4. The Morgan fingerprint density at radius 1 is 0.881 bits per heavy atom. The molecule has 0 bridgehead atoms. The van der Waals surface area contributed by atoms with Gasteiger partial charge in [-0.15, -0.1) is 0 Å². The third-order valence-electron chi connectivity index (χ3n) is 8.02. The van der Waals surface area contributed by atoms with Crippen LogP contribution in [0.3, 0.4) is 0 Å². The molecule has 2 aliphatic heterocycles. The second-order valence-corrected chi connectivity index (χ2v) is 10.8. The van der Waals surface area contributed by atoms with Gasteiger partial charge in [-0.3, -0.25) is 9.59 Å². The van der Waals surface area contributed by atoms with E-state index in [1.165, 1.54) is 17.1 Å². The summed E-state index contributed by atoms with van der Waals surface area (Å²) in [4.78, 5) is 44.7. The first-order valence-corrected chi connectivity index (χ1v) is 14.0. The third kappa shape index (κ3) is 5.43. The fraction of sp³-hybridized carbons (Fsp3) is 0.242. The van der Waals surface area contributed by atoms with Crippen molar-refractivity contribution in [2.24, 2.45) is 0 Å². The van der Waals surface area contributed by atoms with E-state index in [0.29, 0.717) is 13.0 Å². The smallest absolute Gasteiger partial charge is 0.333 e. The molecule has 2 heterocycles. The third-order valence-corrected chi connectivity index (χ3v) is 8.02. The van der Waals surface area contributed by atoms with Crippen molar-refractivity contribution in [3.63, 3.8) is 0 Å². The molecule has 4 amide bonds. The molecule has 2 atom stereocenters. The van der Waals surface area contributed by atoms with Crippen LogP contribution in [0.4, 0.5) is 9.18 Å². The van der Waals surface area contributed by atoms with E-state index in [9.17, 15) is 18.8 Å². The van der Waals surface area contributed by atoms with E-state index in [4.69, 9.17) is 0 Å². The SMILES string of the molecule is CN1CC(=O)N2[C@@H](Cc3ccccc3)C(=O)N(Cc3cccc4ccccc34)C[C@@H]2N1C(=O)NCc1ccc(F)cc1. The van der Waals surface area contributed by atoms with E-state index in [1.807, 2.05) is 72.8 Å². The van der Waals surface area contributed by atoms with Crippen molar-refractivity contribution in [3.05, 3.63) is 120 Å². The number of urea groups is 1. The summed E-state index contributed by atoms with van der Waals surface area (Å²) in [6, 6.07) is 28.5. The lowest BCUT2D eigenvalue weighted by molar-refractivity contribution is -0.187. The molecule has 4 aromatic carbocycles.